The number of nitrogens with one attached hydrogen (secondary N) is 1. The van der Waals surface area contributed by atoms with Gasteiger partial charge in [-0.25, -0.2) is 4.68 Å². The first-order valence-corrected chi connectivity index (χ1v) is 10.7. The number of β-amino-alcohol motifs (C(OH)–C–C–N with tert-alkyl or cyclic N) is 1. The molecule has 3 aromatic rings. The molecule has 1 atom stereocenters. The number of hydrogen-bond donors (Lipinski definition) is 3. The third-order valence-electron chi connectivity index (χ3n) is 5.81. The Bertz CT molecular complexity index is 1140. The van der Waals surface area contributed by atoms with Crippen molar-refractivity contribution in [3.63, 3.8) is 0 Å². The molecule has 34 heavy (non-hydrogen) atoms. The van der Waals surface area contributed by atoms with E-state index in [1.165, 1.54) is 0 Å². The number of H-pyrrole nitrogens is 1. The Morgan fingerprint density at radius 2 is 1.91 bits per heavy atom. The van der Waals surface area contributed by atoms with E-state index in [0.717, 1.165) is 16.8 Å². The van der Waals surface area contributed by atoms with Crippen molar-refractivity contribution in [2.75, 3.05) is 19.6 Å². The minimum atomic E-state index is -0.467. The van der Waals surface area contributed by atoms with E-state index < -0.39 is 6.10 Å². The normalized spacial score (nSPS) is 17.0. The zero-order valence-electron chi connectivity index (χ0n) is 18.2. The van der Waals surface area contributed by atoms with Crippen LogP contribution in [0.1, 0.15) is 44.1 Å². The molecule has 13 heteroatoms. The number of fused-ring (bicyclic) bond motifs is 1. The summed E-state index contributed by atoms with van der Waals surface area (Å²) >= 11 is 0. The van der Waals surface area contributed by atoms with Crippen molar-refractivity contribution < 1.29 is 24.6 Å². The van der Waals surface area contributed by atoms with Gasteiger partial charge in [-0.15, -0.1) is 5.10 Å². The molecule has 0 radical (unpaired) electrons. The average Bonchev–Trinajstić information content (AvgIpc) is 3.60. The fourth-order valence-electron chi connectivity index (χ4n) is 4.12. The Hall–Kier alpha value is -4.13. The maximum absolute atomic E-state index is 13.0. The zero-order valence-corrected chi connectivity index (χ0v) is 18.2. The fourth-order valence-corrected chi connectivity index (χ4v) is 4.12. The molecule has 4 heterocycles. The zero-order chi connectivity index (χ0) is 24.1. The average molecular weight is 468 g/mol. The lowest BCUT2D eigenvalue weighted by Crippen LogP contribution is -2.37. The van der Waals surface area contributed by atoms with Gasteiger partial charge in [0.1, 0.15) is 6.33 Å². The summed E-state index contributed by atoms with van der Waals surface area (Å²) in [6.45, 7) is 2.06. The number of tetrazole rings is 1. The predicted octanol–water partition coefficient (Wildman–Crippen LogP) is -0.449. The second kappa shape index (κ2) is 10.2. The van der Waals surface area contributed by atoms with Crippen molar-refractivity contribution in [1.29, 1.82) is 0 Å². The summed E-state index contributed by atoms with van der Waals surface area (Å²) < 4.78 is 1.61. The smallest absolute Gasteiger partial charge is 0.290 e. The van der Waals surface area contributed by atoms with Crippen molar-refractivity contribution in [3.05, 3.63) is 58.7 Å². The number of aromatic nitrogens is 6. The predicted molar refractivity (Wildman–Crippen MR) is 116 cm³/mol. The quantitative estimate of drug-likeness (QED) is 0.429. The number of likely N-dealkylation sites (tertiary alicyclic amines) is 1. The molecule has 1 fully saturated rings. The number of nitrogens with zero attached hydrogens (tertiary/aromatic N) is 7. The molecule has 2 aromatic heterocycles. The molecule has 178 valence electrons. The summed E-state index contributed by atoms with van der Waals surface area (Å²) in [5.74, 6) is -0.225. The first-order valence-electron chi connectivity index (χ1n) is 10.7. The molecular formula is C21H24N8O5. The van der Waals surface area contributed by atoms with E-state index in [-0.39, 0.29) is 18.3 Å². The van der Waals surface area contributed by atoms with Gasteiger partial charge in [0.25, 0.3) is 18.3 Å². The summed E-state index contributed by atoms with van der Waals surface area (Å²) in [7, 11) is 0. The monoisotopic (exact) mass is 468 g/mol. The molecule has 0 saturated carbocycles. The summed E-state index contributed by atoms with van der Waals surface area (Å²) in [5.41, 5.74) is 3.66. The van der Waals surface area contributed by atoms with Crippen LogP contribution in [0.5, 0.6) is 0 Å². The minimum absolute atomic E-state index is 0.0650. The van der Waals surface area contributed by atoms with Crippen molar-refractivity contribution >= 4 is 18.3 Å². The first kappa shape index (κ1) is 23.0. The number of aliphatic hydroxyl groups is 1. The van der Waals surface area contributed by atoms with Crippen molar-refractivity contribution in [1.82, 2.24) is 40.2 Å². The molecule has 0 aliphatic carbocycles. The number of carbonyl (C=O) groups excluding carboxylic acids is 2. The fraction of sp³-hybridized carbons (Fsp3) is 0.381. The van der Waals surface area contributed by atoms with Gasteiger partial charge in [0.2, 0.25) is 0 Å². The third kappa shape index (κ3) is 4.93. The number of aromatic amines is 1. The van der Waals surface area contributed by atoms with Crippen LogP contribution in [0.25, 0.3) is 0 Å². The molecule has 2 amide bonds. The molecule has 13 nitrogen and oxygen atoms in total. The highest BCUT2D eigenvalue weighted by molar-refractivity contribution is 5.96. The Morgan fingerprint density at radius 1 is 1.15 bits per heavy atom. The molecule has 1 saturated heterocycles. The molecule has 3 N–H and O–H groups in total. The number of amides is 2. The summed E-state index contributed by atoms with van der Waals surface area (Å²) in [4.78, 5) is 37.5. The second-order valence-electron chi connectivity index (χ2n) is 8.01. The first-order chi connectivity index (χ1) is 16.5. The topological polar surface area (TPSA) is 170 Å². The highest BCUT2D eigenvalue weighted by Gasteiger charge is 2.32. The Kier molecular flexibility index (Phi) is 6.92. The van der Waals surface area contributed by atoms with Gasteiger partial charge in [0, 0.05) is 30.8 Å². The highest BCUT2D eigenvalue weighted by atomic mass is 16.3. The van der Waals surface area contributed by atoms with E-state index in [1.807, 2.05) is 12.1 Å². The molecule has 5 rings (SSSR count). The van der Waals surface area contributed by atoms with Crippen molar-refractivity contribution in [2.45, 2.75) is 32.0 Å². The lowest BCUT2D eigenvalue weighted by molar-refractivity contribution is -0.122. The Balaban J connectivity index is 0.000000868. The minimum Gasteiger partial charge on any atom is -0.483 e. The van der Waals surface area contributed by atoms with Crippen LogP contribution in [-0.4, -0.2) is 94.4 Å². The Morgan fingerprint density at radius 3 is 2.56 bits per heavy atom. The van der Waals surface area contributed by atoms with Gasteiger partial charge in [-0.3, -0.25) is 19.5 Å². The molecule has 2 aliphatic heterocycles. The highest BCUT2D eigenvalue weighted by Crippen LogP contribution is 2.24. The van der Waals surface area contributed by atoms with Crippen LogP contribution >= 0.6 is 0 Å². The second-order valence-corrected chi connectivity index (χ2v) is 8.01. The lowest BCUT2D eigenvalue weighted by Gasteiger charge is -2.27. The third-order valence-corrected chi connectivity index (χ3v) is 5.81. The van der Waals surface area contributed by atoms with E-state index in [4.69, 9.17) is 9.90 Å². The van der Waals surface area contributed by atoms with Crippen LogP contribution in [0.3, 0.4) is 0 Å². The molecule has 0 spiro atoms. The number of hydrogen-bond acceptors (Lipinski definition) is 8. The van der Waals surface area contributed by atoms with E-state index in [0.29, 0.717) is 56.8 Å². The van der Waals surface area contributed by atoms with Crippen LogP contribution in [0.4, 0.5) is 0 Å². The van der Waals surface area contributed by atoms with Crippen LogP contribution in [-0.2, 0) is 24.3 Å². The standard InChI is InChI=1S/C20H22N8O3.CH2O2/c29-15-5-7-26(10-15)20(31)18-16-6-8-27(11-17(16)22-23-18)19(30)14-3-1-13(2-4-14)9-28-12-21-24-25-28;2-1-3/h1-4,12,15,29H,5-11H2,(H,22,23);1H,(H,2,3). The van der Waals surface area contributed by atoms with Gasteiger partial charge in [0.05, 0.1) is 24.9 Å². The maximum Gasteiger partial charge on any atom is 0.290 e. The SMILES string of the molecule is O=C(c1ccc(Cn2cnnn2)cc1)N1CCc2c(C(=O)N3CCC(O)C3)n[nH]c2C1.O=CO. The van der Waals surface area contributed by atoms with Crippen LogP contribution in [0.2, 0.25) is 0 Å². The summed E-state index contributed by atoms with van der Waals surface area (Å²) in [6.07, 6.45) is 2.23. The van der Waals surface area contributed by atoms with Gasteiger partial charge in [-0.1, -0.05) is 12.1 Å². The van der Waals surface area contributed by atoms with Crippen LogP contribution in [0.15, 0.2) is 30.6 Å². The van der Waals surface area contributed by atoms with Gasteiger partial charge < -0.3 is 20.0 Å². The van der Waals surface area contributed by atoms with E-state index >= 15 is 0 Å². The van der Waals surface area contributed by atoms with Gasteiger partial charge in [0.15, 0.2) is 5.69 Å². The van der Waals surface area contributed by atoms with Gasteiger partial charge in [-0.2, -0.15) is 5.10 Å². The molecular weight excluding hydrogens is 444 g/mol. The summed E-state index contributed by atoms with van der Waals surface area (Å²) in [5, 5.41) is 34.8. The lowest BCUT2D eigenvalue weighted by atomic mass is 10.0. The van der Waals surface area contributed by atoms with Gasteiger partial charge >= 0.3 is 0 Å². The molecule has 1 unspecified atom stereocenters. The molecule has 0 bridgehead atoms. The molecule has 1 aromatic carbocycles. The number of rotatable bonds is 4. The molecule has 2 aliphatic rings. The Labute approximate surface area is 194 Å². The van der Waals surface area contributed by atoms with Crippen LogP contribution in [0, 0.1) is 0 Å². The van der Waals surface area contributed by atoms with Gasteiger partial charge in [-0.05, 0) is 41.0 Å². The maximum atomic E-state index is 13.0. The van der Waals surface area contributed by atoms with E-state index in [9.17, 15) is 14.7 Å². The number of aliphatic hydroxyl groups excluding tert-OH is 1. The van der Waals surface area contributed by atoms with Crippen molar-refractivity contribution in [2.24, 2.45) is 0 Å². The summed E-state index contributed by atoms with van der Waals surface area (Å²) in [6, 6.07) is 7.39. The van der Waals surface area contributed by atoms with E-state index in [1.54, 1.807) is 32.9 Å². The largest absolute Gasteiger partial charge is 0.483 e. The van der Waals surface area contributed by atoms with Crippen molar-refractivity contribution in [3.8, 4) is 0 Å². The number of carboxylic acid groups (broad SMARTS) is 1. The van der Waals surface area contributed by atoms with E-state index in [2.05, 4.69) is 25.7 Å². The number of carbonyl (C=O) groups is 3. The van der Waals surface area contributed by atoms with Crippen LogP contribution < -0.4 is 0 Å². The number of benzene rings is 1.